The predicted molar refractivity (Wildman–Crippen MR) is 137 cm³/mol. The topological polar surface area (TPSA) is 76.0 Å². The Hall–Kier alpha value is -3.82. The van der Waals surface area contributed by atoms with E-state index < -0.39 is 6.23 Å². The van der Waals surface area contributed by atoms with Crippen LogP contribution in [0.4, 0.5) is 4.39 Å². The molecule has 7 nitrogen and oxygen atoms in total. The van der Waals surface area contributed by atoms with Crippen LogP contribution in [0.1, 0.15) is 17.4 Å². The van der Waals surface area contributed by atoms with Crippen molar-refractivity contribution in [2.24, 2.45) is 0 Å². The molecule has 0 radical (unpaired) electrons. The van der Waals surface area contributed by atoms with Crippen molar-refractivity contribution in [3.63, 3.8) is 0 Å². The number of hydrogen-bond acceptors (Lipinski definition) is 4. The number of hydrogen-bond donors (Lipinski definition) is 1. The van der Waals surface area contributed by atoms with E-state index in [0.717, 1.165) is 37.8 Å². The first-order valence-corrected chi connectivity index (χ1v) is 12.3. The fraction of sp³-hybridized carbons (Fsp3) is 0.148. The highest BCUT2D eigenvalue weighted by atomic mass is 79.9. The van der Waals surface area contributed by atoms with Gasteiger partial charge in [-0.3, -0.25) is 9.89 Å². The van der Waals surface area contributed by atoms with E-state index in [2.05, 4.69) is 26.1 Å². The summed E-state index contributed by atoms with van der Waals surface area (Å²) >= 11 is 3.46. The van der Waals surface area contributed by atoms with Crippen molar-refractivity contribution in [2.75, 3.05) is 13.2 Å². The van der Waals surface area contributed by atoms with Gasteiger partial charge in [-0.25, -0.2) is 9.07 Å². The van der Waals surface area contributed by atoms with Gasteiger partial charge in [0.05, 0.1) is 17.4 Å². The van der Waals surface area contributed by atoms with Crippen molar-refractivity contribution in [3.05, 3.63) is 101 Å². The van der Waals surface area contributed by atoms with Gasteiger partial charge in [-0.1, -0.05) is 28.1 Å². The quantitative estimate of drug-likeness (QED) is 0.309. The van der Waals surface area contributed by atoms with Crippen molar-refractivity contribution >= 4 is 32.7 Å². The Morgan fingerprint density at radius 3 is 2.69 bits per heavy atom. The van der Waals surface area contributed by atoms with Crippen molar-refractivity contribution in [3.8, 4) is 16.9 Å². The molecule has 0 bridgehead atoms. The molecule has 1 N–H and O–H groups in total. The number of rotatable bonds is 6. The molecule has 1 unspecified atom stereocenters. The second kappa shape index (κ2) is 9.33. The normalized spacial score (nSPS) is 15.8. The number of amides is 1. The van der Waals surface area contributed by atoms with Crippen molar-refractivity contribution in [1.82, 2.24) is 24.9 Å². The maximum atomic E-state index is 13.6. The molecule has 0 saturated carbocycles. The molecule has 3 aromatic carbocycles. The molecule has 9 heteroatoms. The van der Waals surface area contributed by atoms with Gasteiger partial charge >= 0.3 is 0 Å². The summed E-state index contributed by atoms with van der Waals surface area (Å²) < 4.78 is 22.4. The molecule has 6 rings (SSSR count). The number of carbonyl (C=O) groups is 1. The molecule has 1 aliphatic rings. The summed E-state index contributed by atoms with van der Waals surface area (Å²) in [5, 5.41) is 12.9. The average molecular weight is 546 g/mol. The fourth-order valence-corrected chi connectivity index (χ4v) is 4.73. The third kappa shape index (κ3) is 4.31. The molecule has 0 aliphatic carbocycles. The molecule has 3 heterocycles. The second-order valence-corrected chi connectivity index (χ2v) is 9.57. The molecule has 5 aromatic rings. The summed E-state index contributed by atoms with van der Waals surface area (Å²) in [5.74, 6) is -0.403. The third-order valence-electron chi connectivity index (χ3n) is 6.33. The van der Waals surface area contributed by atoms with Crippen LogP contribution in [0.5, 0.6) is 0 Å². The summed E-state index contributed by atoms with van der Waals surface area (Å²) in [7, 11) is 0. The maximum absolute atomic E-state index is 13.6. The number of H-pyrrole nitrogens is 1. The summed E-state index contributed by atoms with van der Waals surface area (Å²) in [4.78, 5) is 14.6. The predicted octanol–water partition coefficient (Wildman–Crippen LogP) is 5.42. The number of carbonyl (C=O) groups excluding carboxylic acids is 1. The number of fused-ring (bicyclic) bond motifs is 1. The van der Waals surface area contributed by atoms with Crippen LogP contribution in [0.25, 0.3) is 27.8 Å². The fourth-order valence-electron chi connectivity index (χ4n) is 4.47. The van der Waals surface area contributed by atoms with Crippen molar-refractivity contribution in [2.45, 2.75) is 12.6 Å². The van der Waals surface area contributed by atoms with Gasteiger partial charge in [0.2, 0.25) is 0 Å². The Bertz CT molecular complexity index is 1550. The number of nitrogens with zero attached hydrogens (tertiary/aromatic N) is 4. The molecular weight excluding hydrogens is 525 g/mol. The van der Waals surface area contributed by atoms with E-state index in [1.54, 1.807) is 27.9 Å². The van der Waals surface area contributed by atoms with Gasteiger partial charge in [0.1, 0.15) is 18.1 Å². The minimum Gasteiger partial charge on any atom is -0.344 e. The molecule has 1 aliphatic heterocycles. The Balaban J connectivity index is 1.34. The zero-order chi connectivity index (χ0) is 24.6. The van der Waals surface area contributed by atoms with Gasteiger partial charge in [0.25, 0.3) is 5.91 Å². The van der Waals surface area contributed by atoms with Crippen LogP contribution < -0.4 is 0 Å². The molecule has 1 saturated heterocycles. The minimum atomic E-state index is -0.599. The van der Waals surface area contributed by atoms with Gasteiger partial charge in [-0.2, -0.15) is 10.2 Å². The van der Waals surface area contributed by atoms with E-state index >= 15 is 0 Å². The summed E-state index contributed by atoms with van der Waals surface area (Å²) in [6.45, 7) is 0.478. The van der Waals surface area contributed by atoms with E-state index in [4.69, 9.17) is 9.84 Å². The monoisotopic (exact) mass is 545 g/mol. The first-order valence-electron chi connectivity index (χ1n) is 11.5. The number of halogens is 2. The van der Waals surface area contributed by atoms with Crippen LogP contribution in [-0.2, 0) is 16.0 Å². The summed E-state index contributed by atoms with van der Waals surface area (Å²) in [6, 6.07) is 20.1. The first kappa shape index (κ1) is 22.6. The van der Waals surface area contributed by atoms with Gasteiger partial charge < -0.3 is 9.64 Å². The van der Waals surface area contributed by atoms with Crippen LogP contribution >= 0.6 is 15.9 Å². The lowest BCUT2D eigenvalue weighted by atomic mass is 10.1. The van der Waals surface area contributed by atoms with Crippen molar-refractivity contribution in [1.29, 1.82) is 0 Å². The van der Waals surface area contributed by atoms with E-state index in [0.29, 0.717) is 18.7 Å². The van der Waals surface area contributed by atoms with E-state index in [1.807, 2.05) is 48.7 Å². The molecular formula is C27H21BrFN5O2. The van der Waals surface area contributed by atoms with Crippen LogP contribution in [0.3, 0.4) is 0 Å². The van der Waals surface area contributed by atoms with Crippen LogP contribution in [0, 0.1) is 5.82 Å². The number of ether oxygens (including phenoxy) is 1. The Kier molecular flexibility index (Phi) is 5.86. The molecule has 180 valence electrons. The molecule has 1 fully saturated rings. The Morgan fingerprint density at radius 2 is 1.89 bits per heavy atom. The lowest BCUT2D eigenvalue weighted by Crippen LogP contribution is -2.30. The number of aromatic amines is 1. The Labute approximate surface area is 214 Å². The molecule has 36 heavy (non-hydrogen) atoms. The average Bonchev–Trinajstić information content (AvgIpc) is 3.62. The minimum absolute atomic E-state index is 0.00340. The lowest BCUT2D eigenvalue weighted by Gasteiger charge is -2.23. The van der Waals surface area contributed by atoms with Crippen LogP contribution in [0.15, 0.2) is 83.6 Å². The highest BCUT2D eigenvalue weighted by molar-refractivity contribution is 9.10. The largest absolute Gasteiger partial charge is 0.344 e. The standard InChI is InChI=1S/C27H21BrFN5O2/c28-20-5-9-22(10-6-20)34-15-23(26(32-34)18-3-7-21(29)8-4-18)27-33(25(35)16-36-27)12-11-17-1-2-19-14-30-31-24(19)13-17/h1-10,13-15,27H,11-12,16H2,(H,30,31). The van der Waals surface area contributed by atoms with Crippen molar-refractivity contribution < 1.29 is 13.9 Å². The number of aromatic nitrogens is 4. The second-order valence-electron chi connectivity index (χ2n) is 8.65. The SMILES string of the molecule is O=C1COC(c2cn(-c3ccc(Br)cc3)nc2-c2ccc(F)cc2)N1CCc1ccc2cn[nH]c2c1. The highest BCUT2D eigenvalue weighted by Gasteiger charge is 2.36. The van der Waals surface area contributed by atoms with Gasteiger partial charge in [0, 0.05) is 33.7 Å². The van der Waals surface area contributed by atoms with Gasteiger partial charge in [-0.05, 0) is 66.6 Å². The van der Waals surface area contributed by atoms with Gasteiger partial charge in [0.15, 0.2) is 6.23 Å². The molecule has 1 atom stereocenters. The van der Waals surface area contributed by atoms with E-state index in [1.165, 1.54) is 12.1 Å². The summed E-state index contributed by atoms with van der Waals surface area (Å²) in [6.07, 6.45) is 3.73. The molecule has 1 amide bonds. The lowest BCUT2D eigenvalue weighted by molar-refractivity contribution is -0.128. The summed E-state index contributed by atoms with van der Waals surface area (Å²) in [5.41, 5.74) is 5.05. The Morgan fingerprint density at radius 1 is 1.08 bits per heavy atom. The zero-order valence-electron chi connectivity index (χ0n) is 19.1. The maximum Gasteiger partial charge on any atom is 0.250 e. The van der Waals surface area contributed by atoms with Crippen LogP contribution in [-0.4, -0.2) is 43.9 Å². The highest BCUT2D eigenvalue weighted by Crippen LogP contribution is 2.35. The molecule has 0 spiro atoms. The molecule has 2 aromatic heterocycles. The van der Waals surface area contributed by atoms with E-state index in [9.17, 15) is 9.18 Å². The van der Waals surface area contributed by atoms with Crippen LogP contribution in [0.2, 0.25) is 0 Å². The zero-order valence-corrected chi connectivity index (χ0v) is 20.7. The smallest absolute Gasteiger partial charge is 0.250 e. The first-order chi connectivity index (χ1) is 17.5. The number of nitrogens with one attached hydrogen (secondary N) is 1. The third-order valence-corrected chi connectivity index (χ3v) is 6.86. The van der Waals surface area contributed by atoms with E-state index in [-0.39, 0.29) is 18.3 Å². The number of benzene rings is 3. The van der Waals surface area contributed by atoms with Gasteiger partial charge in [-0.15, -0.1) is 0 Å².